The van der Waals surface area contributed by atoms with Crippen LogP contribution in [-0.2, 0) is 12.8 Å². The summed E-state index contributed by atoms with van der Waals surface area (Å²) in [5.41, 5.74) is 1.70. The van der Waals surface area contributed by atoms with Gasteiger partial charge in [0.2, 0.25) is 5.88 Å². The summed E-state index contributed by atoms with van der Waals surface area (Å²) >= 11 is 0. The maximum atomic E-state index is 11.1. The summed E-state index contributed by atoms with van der Waals surface area (Å²) in [6.07, 6.45) is 0.964. The zero-order valence-electron chi connectivity index (χ0n) is 11.5. The van der Waals surface area contributed by atoms with Crippen molar-refractivity contribution in [1.82, 2.24) is 4.98 Å². The number of ether oxygens (including phenoxy) is 1. The van der Waals surface area contributed by atoms with Crippen molar-refractivity contribution in [3.8, 4) is 17.7 Å². The van der Waals surface area contributed by atoms with Gasteiger partial charge in [-0.15, -0.1) is 0 Å². The standard InChI is InChI=1S/C16H14N2O3/c1-2-13-9-12(16(19)20)10-15(18-13)21-14-5-3-11(4-6-14)7-8-17/h3-6,9-10H,2,7H2,1H3,(H,19,20). The van der Waals surface area contributed by atoms with Gasteiger partial charge in [0.1, 0.15) is 5.75 Å². The molecule has 0 aliphatic heterocycles. The normalized spacial score (nSPS) is 9.90. The van der Waals surface area contributed by atoms with Crippen molar-refractivity contribution in [2.75, 3.05) is 0 Å². The van der Waals surface area contributed by atoms with Crippen LogP contribution in [0, 0.1) is 11.3 Å². The quantitative estimate of drug-likeness (QED) is 0.910. The number of hydrogen-bond donors (Lipinski definition) is 1. The van der Waals surface area contributed by atoms with Crippen LogP contribution < -0.4 is 4.74 Å². The highest BCUT2D eigenvalue weighted by atomic mass is 16.5. The first-order valence-corrected chi connectivity index (χ1v) is 6.50. The SMILES string of the molecule is CCc1cc(C(=O)O)cc(Oc2ccc(CC#N)cc2)n1. The van der Waals surface area contributed by atoms with Crippen molar-refractivity contribution in [1.29, 1.82) is 5.26 Å². The number of benzene rings is 1. The lowest BCUT2D eigenvalue weighted by Gasteiger charge is -2.08. The molecule has 0 saturated heterocycles. The van der Waals surface area contributed by atoms with Gasteiger partial charge in [-0.2, -0.15) is 5.26 Å². The lowest BCUT2D eigenvalue weighted by atomic mass is 10.1. The summed E-state index contributed by atoms with van der Waals surface area (Å²) in [6, 6.07) is 12.0. The number of carboxylic acids is 1. The van der Waals surface area contributed by atoms with E-state index in [4.69, 9.17) is 15.1 Å². The van der Waals surface area contributed by atoms with Crippen LogP contribution in [0.15, 0.2) is 36.4 Å². The molecule has 0 radical (unpaired) electrons. The van der Waals surface area contributed by atoms with Crippen molar-refractivity contribution in [3.63, 3.8) is 0 Å². The first-order chi connectivity index (χ1) is 10.1. The second kappa shape index (κ2) is 6.53. The Bertz CT molecular complexity index is 688. The minimum Gasteiger partial charge on any atom is -0.478 e. The summed E-state index contributed by atoms with van der Waals surface area (Å²) in [5, 5.41) is 17.7. The van der Waals surface area contributed by atoms with E-state index in [0.717, 1.165) is 5.56 Å². The summed E-state index contributed by atoms with van der Waals surface area (Å²) in [5.74, 6) is -0.213. The molecule has 1 N–H and O–H groups in total. The lowest BCUT2D eigenvalue weighted by Crippen LogP contribution is -2.01. The zero-order chi connectivity index (χ0) is 15.2. The Hall–Kier alpha value is -2.87. The average Bonchev–Trinajstić information content (AvgIpc) is 2.49. The third-order valence-corrected chi connectivity index (χ3v) is 2.89. The summed E-state index contributed by atoms with van der Waals surface area (Å²) in [7, 11) is 0. The van der Waals surface area contributed by atoms with E-state index < -0.39 is 5.97 Å². The minimum absolute atomic E-state index is 0.151. The fourth-order valence-electron chi connectivity index (χ4n) is 1.80. The highest BCUT2D eigenvalue weighted by Crippen LogP contribution is 2.22. The summed E-state index contributed by atoms with van der Waals surface area (Å²) < 4.78 is 5.59. The monoisotopic (exact) mass is 282 g/mol. The number of aryl methyl sites for hydroxylation is 1. The summed E-state index contributed by atoms with van der Waals surface area (Å²) in [4.78, 5) is 15.3. The lowest BCUT2D eigenvalue weighted by molar-refractivity contribution is 0.0696. The van der Waals surface area contributed by atoms with Crippen molar-refractivity contribution in [2.45, 2.75) is 19.8 Å². The van der Waals surface area contributed by atoms with Gasteiger partial charge in [-0.1, -0.05) is 19.1 Å². The van der Waals surface area contributed by atoms with E-state index in [1.165, 1.54) is 12.1 Å². The van der Waals surface area contributed by atoms with E-state index in [2.05, 4.69) is 11.1 Å². The van der Waals surface area contributed by atoms with Gasteiger partial charge in [0, 0.05) is 11.8 Å². The third-order valence-electron chi connectivity index (χ3n) is 2.89. The number of nitrogens with zero attached hydrogens (tertiary/aromatic N) is 2. The first-order valence-electron chi connectivity index (χ1n) is 6.50. The molecule has 2 rings (SSSR count). The highest BCUT2D eigenvalue weighted by Gasteiger charge is 2.09. The van der Waals surface area contributed by atoms with Crippen LogP contribution in [0.1, 0.15) is 28.5 Å². The number of aromatic nitrogens is 1. The molecular formula is C16H14N2O3. The van der Waals surface area contributed by atoms with Crippen LogP contribution in [-0.4, -0.2) is 16.1 Å². The van der Waals surface area contributed by atoms with E-state index in [1.54, 1.807) is 24.3 Å². The number of nitriles is 1. The largest absolute Gasteiger partial charge is 0.478 e. The molecule has 0 spiro atoms. The first kappa shape index (κ1) is 14.5. The maximum absolute atomic E-state index is 11.1. The molecule has 5 heteroatoms. The van der Waals surface area contributed by atoms with Crippen molar-refractivity contribution < 1.29 is 14.6 Å². The Labute approximate surface area is 122 Å². The van der Waals surface area contributed by atoms with Gasteiger partial charge in [-0.3, -0.25) is 0 Å². The van der Waals surface area contributed by atoms with Crippen molar-refractivity contribution >= 4 is 5.97 Å². The van der Waals surface area contributed by atoms with E-state index in [0.29, 0.717) is 24.3 Å². The number of carbonyl (C=O) groups is 1. The third kappa shape index (κ3) is 3.80. The molecule has 1 aromatic heterocycles. The molecule has 5 nitrogen and oxygen atoms in total. The van der Waals surface area contributed by atoms with Gasteiger partial charge in [0.25, 0.3) is 0 Å². The van der Waals surface area contributed by atoms with Gasteiger partial charge in [0.05, 0.1) is 18.1 Å². The minimum atomic E-state index is -1.01. The van der Waals surface area contributed by atoms with Crippen LogP contribution >= 0.6 is 0 Å². The molecular weight excluding hydrogens is 268 g/mol. The van der Waals surface area contributed by atoms with Crippen LogP contribution in [0.2, 0.25) is 0 Å². The molecule has 0 unspecified atom stereocenters. The topological polar surface area (TPSA) is 83.2 Å². The zero-order valence-corrected chi connectivity index (χ0v) is 11.5. The number of rotatable bonds is 5. The molecule has 0 fully saturated rings. The number of aromatic carboxylic acids is 1. The van der Waals surface area contributed by atoms with Gasteiger partial charge in [0.15, 0.2) is 0 Å². The Morgan fingerprint density at radius 2 is 2.05 bits per heavy atom. The van der Waals surface area contributed by atoms with E-state index >= 15 is 0 Å². The van der Waals surface area contributed by atoms with Crippen LogP contribution in [0.3, 0.4) is 0 Å². The Balaban J connectivity index is 2.24. The molecule has 2 aromatic rings. The van der Waals surface area contributed by atoms with Gasteiger partial charge in [-0.05, 0) is 30.2 Å². The molecule has 0 bridgehead atoms. The number of carboxylic acid groups (broad SMARTS) is 1. The average molecular weight is 282 g/mol. The molecule has 106 valence electrons. The summed E-state index contributed by atoms with van der Waals surface area (Å²) in [6.45, 7) is 1.90. The highest BCUT2D eigenvalue weighted by molar-refractivity contribution is 5.88. The Kier molecular flexibility index (Phi) is 4.52. The van der Waals surface area contributed by atoms with Crippen LogP contribution in [0.25, 0.3) is 0 Å². The Morgan fingerprint density at radius 1 is 1.33 bits per heavy atom. The fourth-order valence-corrected chi connectivity index (χ4v) is 1.80. The number of hydrogen-bond acceptors (Lipinski definition) is 4. The molecule has 21 heavy (non-hydrogen) atoms. The van der Waals surface area contributed by atoms with Crippen LogP contribution in [0.4, 0.5) is 0 Å². The van der Waals surface area contributed by atoms with E-state index in [9.17, 15) is 4.79 Å². The van der Waals surface area contributed by atoms with Gasteiger partial charge >= 0.3 is 5.97 Å². The van der Waals surface area contributed by atoms with Gasteiger partial charge in [-0.25, -0.2) is 9.78 Å². The predicted molar refractivity (Wildman–Crippen MR) is 76.4 cm³/mol. The Morgan fingerprint density at radius 3 is 2.62 bits per heavy atom. The molecule has 1 heterocycles. The van der Waals surface area contributed by atoms with E-state index in [1.807, 2.05) is 6.92 Å². The molecule has 0 atom stereocenters. The molecule has 0 saturated carbocycles. The molecule has 0 amide bonds. The fraction of sp³-hybridized carbons (Fsp3) is 0.188. The van der Waals surface area contributed by atoms with Gasteiger partial charge < -0.3 is 9.84 Å². The van der Waals surface area contributed by atoms with E-state index in [-0.39, 0.29) is 11.4 Å². The van der Waals surface area contributed by atoms with Crippen molar-refractivity contribution in [3.05, 3.63) is 53.2 Å². The smallest absolute Gasteiger partial charge is 0.335 e. The number of pyridine rings is 1. The van der Waals surface area contributed by atoms with Crippen LogP contribution in [0.5, 0.6) is 11.6 Å². The second-order valence-corrected chi connectivity index (χ2v) is 4.43. The second-order valence-electron chi connectivity index (χ2n) is 4.43. The molecule has 0 aliphatic carbocycles. The van der Waals surface area contributed by atoms with Crippen molar-refractivity contribution in [2.24, 2.45) is 0 Å². The predicted octanol–water partition coefficient (Wildman–Crippen LogP) is 3.20. The molecule has 1 aromatic carbocycles. The maximum Gasteiger partial charge on any atom is 0.335 e. The molecule has 0 aliphatic rings.